The molecule has 2 aromatic rings. The van der Waals surface area contributed by atoms with Crippen molar-refractivity contribution in [2.75, 3.05) is 11.6 Å². The van der Waals surface area contributed by atoms with Crippen molar-refractivity contribution in [2.45, 2.75) is 32.7 Å². The van der Waals surface area contributed by atoms with E-state index in [1.54, 1.807) is 0 Å². The van der Waals surface area contributed by atoms with E-state index in [4.69, 9.17) is 4.74 Å². The Labute approximate surface area is 133 Å². The van der Waals surface area contributed by atoms with Crippen LogP contribution in [-0.2, 0) is 12.0 Å². The molecule has 0 spiro atoms. The second-order valence-electron chi connectivity index (χ2n) is 6.76. The number of benzene rings is 2. The zero-order valence-corrected chi connectivity index (χ0v) is 13.3. The first-order valence-electron chi connectivity index (χ1n) is 7.41. The van der Waals surface area contributed by atoms with Gasteiger partial charge in [0.25, 0.3) is 0 Å². The molecule has 1 heterocycles. The Morgan fingerprint density at radius 3 is 2.26 bits per heavy atom. The minimum absolute atomic E-state index is 0.0152. The molecule has 1 aliphatic heterocycles. The number of nitrogens with zero attached hydrogens (tertiary/aromatic N) is 1. The molecule has 0 unspecified atom stereocenters. The number of rotatable bonds is 1. The Bertz CT molecular complexity index is 729. The summed E-state index contributed by atoms with van der Waals surface area (Å²) in [7, 11) is 0. The van der Waals surface area contributed by atoms with E-state index >= 15 is 0 Å². The molecule has 122 valence electrons. The smallest absolute Gasteiger partial charge is 0.161 e. The van der Waals surface area contributed by atoms with Gasteiger partial charge in [-0.2, -0.15) is 0 Å². The number of halogens is 3. The molecule has 23 heavy (non-hydrogen) atoms. The summed E-state index contributed by atoms with van der Waals surface area (Å²) in [6, 6.07) is 7.22. The van der Waals surface area contributed by atoms with E-state index in [9.17, 15) is 13.2 Å². The largest absolute Gasteiger partial charge is 0.473 e. The summed E-state index contributed by atoms with van der Waals surface area (Å²) in [6.45, 7) is 6.60. The Balaban J connectivity index is 1.97. The molecule has 0 amide bonds. The Morgan fingerprint density at radius 1 is 1.00 bits per heavy atom. The highest BCUT2D eigenvalue weighted by Crippen LogP contribution is 2.34. The summed E-state index contributed by atoms with van der Waals surface area (Å²) in [4.78, 5) is 1.43. The molecule has 1 aliphatic rings. The zero-order valence-electron chi connectivity index (χ0n) is 13.3. The maximum atomic E-state index is 14.0. The third kappa shape index (κ3) is 3.00. The van der Waals surface area contributed by atoms with Crippen LogP contribution in [-0.4, -0.2) is 6.73 Å². The lowest BCUT2D eigenvalue weighted by molar-refractivity contribution is 0.285. The fraction of sp³-hybridized carbons (Fsp3) is 0.333. The van der Waals surface area contributed by atoms with Gasteiger partial charge in [0, 0.05) is 17.7 Å². The van der Waals surface area contributed by atoms with Crippen molar-refractivity contribution in [3.8, 4) is 5.75 Å². The molecule has 5 heteroatoms. The van der Waals surface area contributed by atoms with Crippen LogP contribution in [0.2, 0.25) is 0 Å². The van der Waals surface area contributed by atoms with Crippen molar-refractivity contribution in [1.82, 2.24) is 0 Å². The van der Waals surface area contributed by atoms with Crippen molar-refractivity contribution in [3.05, 3.63) is 58.9 Å². The molecule has 0 aliphatic carbocycles. The van der Waals surface area contributed by atoms with Crippen LogP contribution in [0.15, 0.2) is 30.3 Å². The van der Waals surface area contributed by atoms with E-state index in [0.717, 1.165) is 11.1 Å². The molecule has 0 N–H and O–H groups in total. The van der Waals surface area contributed by atoms with E-state index in [1.165, 1.54) is 4.90 Å². The van der Waals surface area contributed by atoms with Crippen molar-refractivity contribution in [2.24, 2.45) is 0 Å². The molecular weight excluding hydrogens is 303 g/mol. The van der Waals surface area contributed by atoms with Crippen LogP contribution in [0.1, 0.15) is 31.9 Å². The first-order valence-corrected chi connectivity index (χ1v) is 7.41. The Morgan fingerprint density at radius 2 is 1.65 bits per heavy atom. The van der Waals surface area contributed by atoms with Crippen molar-refractivity contribution < 1.29 is 17.9 Å². The van der Waals surface area contributed by atoms with E-state index in [1.807, 2.05) is 18.2 Å². The summed E-state index contributed by atoms with van der Waals surface area (Å²) in [5.41, 5.74) is 1.66. The standard InChI is InChI=1S/C18H18F3NO/c1-18(2,3)12-4-5-16-11(6-12)9-22(10-23-16)17-14(20)7-13(19)8-15(17)21/h4-8H,9-10H2,1-3H3. The molecule has 0 aromatic heterocycles. The molecule has 3 rings (SSSR count). The van der Waals surface area contributed by atoms with Gasteiger partial charge in [0.1, 0.15) is 17.3 Å². The van der Waals surface area contributed by atoms with Gasteiger partial charge in [-0.05, 0) is 23.1 Å². The van der Waals surface area contributed by atoms with E-state index < -0.39 is 17.5 Å². The van der Waals surface area contributed by atoms with Gasteiger partial charge < -0.3 is 9.64 Å². The maximum absolute atomic E-state index is 14.0. The molecular formula is C18H18F3NO. The van der Waals surface area contributed by atoms with Gasteiger partial charge in [-0.15, -0.1) is 0 Å². The van der Waals surface area contributed by atoms with Crippen LogP contribution in [0.5, 0.6) is 5.75 Å². The van der Waals surface area contributed by atoms with Crippen LogP contribution in [0.3, 0.4) is 0 Å². The second-order valence-corrected chi connectivity index (χ2v) is 6.76. The number of hydrogen-bond acceptors (Lipinski definition) is 2. The van der Waals surface area contributed by atoms with Gasteiger partial charge in [-0.25, -0.2) is 13.2 Å². The zero-order chi connectivity index (χ0) is 16.8. The van der Waals surface area contributed by atoms with Crippen LogP contribution in [0, 0.1) is 17.5 Å². The van der Waals surface area contributed by atoms with Crippen LogP contribution < -0.4 is 9.64 Å². The average molecular weight is 321 g/mol. The fourth-order valence-electron chi connectivity index (χ4n) is 2.69. The third-order valence-electron chi connectivity index (χ3n) is 3.96. The normalized spacial score (nSPS) is 14.4. The SMILES string of the molecule is CC(C)(C)c1ccc2c(c1)CN(c1c(F)cc(F)cc1F)CO2. The van der Waals surface area contributed by atoms with Crippen LogP contribution in [0.4, 0.5) is 18.9 Å². The highest BCUT2D eigenvalue weighted by atomic mass is 19.1. The number of anilines is 1. The second kappa shape index (κ2) is 5.48. The monoisotopic (exact) mass is 321 g/mol. The summed E-state index contributed by atoms with van der Waals surface area (Å²) in [6.07, 6.45) is 0. The molecule has 0 bridgehead atoms. The highest BCUT2D eigenvalue weighted by molar-refractivity contribution is 5.53. The number of hydrogen-bond donors (Lipinski definition) is 0. The van der Waals surface area contributed by atoms with Gasteiger partial charge in [0.15, 0.2) is 18.4 Å². The Hall–Kier alpha value is -2.17. The minimum Gasteiger partial charge on any atom is -0.473 e. The summed E-state index contributed by atoms with van der Waals surface area (Å²) >= 11 is 0. The Kier molecular flexibility index (Phi) is 3.74. The maximum Gasteiger partial charge on any atom is 0.161 e. The van der Waals surface area contributed by atoms with Gasteiger partial charge in [-0.3, -0.25) is 0 Å². The van der Waals surface area contributed by atoms with Crippen molar-refractivity contribution in [1.29, 1.82) is 0 Å². The molecule has 0 atom stereocenters. The summed E-state index contributed by atoms with van der Waals surface area (Å²) in [5, 5.41) is 0. The molecule has 0 radical (unpaired) electrons. The quantitative estimate of drug-likeness (QED) is 0.751. The van der Waals surface area contributed by atoms with Gasteiger partial charge >= 0.3 is 0 Å². The fourth-order valence-corrected chi connectivity index (χ4v) is 2.69. The molecule has 2 aromatic carbocycles. The van der Waals surface area contributed by atoms with Crippen molar-refractivity contribution in [3.63, 3.8) is 0 Å². The third-order valence-corrected chi connectivity index (χ3v) is 3.96. The number of ether oxygens (including phenoxy) is 1. The van der Waals surface area contributed by atoms with Gasteiger partial charge in [0.05, 0.1) is 6.54 Å². The summed E-state index contributed by atoms with van der Waals surface area (Å²) < 4.78 is 46.6. The van der Waals surface area contributed by atoms with Gasteiger partial charge in [-0.1, -0.05) is 26.8 Å². The van der Waals surface area contributed by atoms with Gasteiger partial charge in [0.2, 0.25) is 0 Å². The summed E-state index contributed by atoms with van der Waals surface area (Å²) in [5.74, 6) is -2.09. The van der Waals surface area contributed by atoms with E-state index in [2.05, 4.69) is 20.8 Å². The number of fused-ring (bicyclic) bond motifs is 1. The molecule has 0 fully saturated rings. The first-order chi connectivity index (χ1) is 10.8. The lowest BCUT2D eigenvalue weighted by Crippen LogP contribution is -2.33. The van der Waals surface area contributed by atoms with E-state index in [0.29, 0.717) is 24.4 Å². The predicted molar refractivity (Wildman–Crippen MR) is 83.1 cm³/mol. The lowest BCUT2D eigenvalue weighted by atomic mass is 9.86. The lowest BCUT2D eigenvalue weighted by Gasteiger charge is -2.32. The average Bonchev–Trinajstić information content (AvgIpc) is 2.44. The van der Waals surface area contributed by atoms with E-state index in [-0.39, 0.29) is 17.8 Å². The topological polar surface area (TPSA) is 12.5 Å². The van der Waals surface area contributed by atoms with Crippen LogP contribution >= 0.6 is 0 Å². The first kappa shape index (κ1) is 15.7. The molecule has 0 saturated heterocycles. The highest BCUT2D eigenvalue weighted by Gasteiger charge is 2.25. The molecule has 2 nitrogen and oxygen atoms in total. The van der Waals surface area contributed by atoms with Crippen molar-refractivity contribution >= 4 is 5.69 Å². The van der Waals surface area contributed by atoms with Crippen LogP contribution in [0.25, 0.3) is 0 Å². The predicted octanol–water partition coefficient (Wildman–Crippen LogP) is 4.76. The minimum atomic E-state index is -0.933. The molecule has 0 saturated carbocycles.